The molecule has 7 nitrogen and oxygen atoms in total. The molecule has 0 saturated carbocycles. The van der Waals surface area contributed by atoms with Crippen LogP contribution in [0.15, 0.2) is 48.0 Å². The second kappa shape index (κ2) is 8.01. The van der Waals surface area contributed by atoms with E-state index < -0.39 is 11.8 Å². The van der Waals surface area contributed by atoms with E-state index in [0.717, 1.165) is 18.5 Å². The molecule has 2 heterocycles. The number of aliphatic imine (C=N–C) groups is 1. The van der Waals surface area contributed by atoms with Gasteiger partial charge in [-0.25, -0.2) is 4.98 Å². The third kappa shape index (κ3) is 4.02. The van der Waals surface area contributed by atoms with Crippen LogP contribution in [0.5, 0.6) is 0 Å². The van der Waals surface area contributed by atoms with Gasteiger partial charge in [0, 0.05) is 31.7 Å². The zero-order chi connectivity index (χ0) is 18.5. The lowest BCUT2D eigenvalue weighted by Gasteiger charge is -2.31. The van der Waals surface area contributed by atoms with Crippen molar-refractivity contribution >= 4 is 41.0 Å². The third-order valence-corrected chi connectivity index (χ3v) is 4.30. The molecule has 0 aliphatic carbocycles. The summed E-state index contributed by atoms with van der Waals surface area (Å²) in [6, 6.07) is 7.38. The Morgan fingerprint density at radius 1 is 1.31 bits per heavy atom. The number of thiocarbonyl (C=S) groups is 1. The quantitative estimate of drug-likeness (QED) is 0.364. The zero-order valence-corrected chi connectivity index (χ0v) is 15.1. The number of nitrogens with zero attached hydrogens (tertiary/aromatic N) is 4. The van der Waals surface area contributed by atoms with Gasteiger partial charge in [-0.1, -0.05) is 17.7 Å². The number of anilines is 1. The van der Waals surface area contributed by atoms with Crippen LogP contribution in [0.1, 0.15) is 12.0 Å². The summed E-state index contributed by atoms with van der Waals surface area (Å²) in [5, 5.41) is 2.67. The zero-order valence-electron chi connectivity index (χ0n) is 14.3. The van der Waals surface area contributed by atoms with E-state index in [1.165, 1.54) is 11.1 Å². The van der Waals surface area contributed by atoms with Crippen molar-refractivity contribution in [2.75, 3.05) is 11.4 Å². The molecule has 1 aromatic heterocycles. The number of aryl methyl sites for hydroxylation is 2. The summed E-state index contributed by atoms with van der Waals surface area (Å²) in [6.45, 7) is 3.26. The average molecular weight is 369 g/mol. The third-order valence-electron chi connectivity index (χ3n) is 4.01. The number of hydrogen-bond donors (Lipinski definition) is 1. The van der Waals surface area contributed by atoms with E-state index in [9.17, 15) is 9.59 Å². The summed E-state index contributed by atoms with van der Waals surface area (Å²) in [7, 11) is 0. The van der Waals surface area contributed by atoms with Crippen LogP contribution in [0.3, 0.4) is 0 Å². The van der Waals surface area contributed by atoms with Crippen LogP contribution < -0.4 is 10.2 Å². The maximum absolute atomic E-state index is 12.8. The van der Waals surface area contributed by atoms with Crippen molar-refractivity contribution in [1.82, 2.24) is 14.9 Å². The first kappa shape index (κ1) is 17.9. The Morgan fingerprint density at radius 3 is 2.77 bits per heavy atom. The predicted octanol–water partition coefficient (Wildman–Crippen LogP) is 1.72. The van der Waals surface area contributed by atoms with Crippen LogP contribution in [0, 0.1) is 12.8 Å². The van der Waals surface area contributed by atoms with Crippen LogP contribution in [0.2, 0.25) is 0 Å². The molecule has 1 N–H and O–H groups in total. The SMILES string of the molecule is Cc1ccc(N2C(=O)[C@H](C=NCCCn3ccnc3)C(=O)NC2=S)cc1. The summed E-state index contributed by atoms with van der Waals surface area (Å²) in [6.07, 6.45) is 7.53. The molecular formula is C18H19N5O2S. The Morgan fingerprint density at radius 2 is 2.08 bits per heavy atom. The number of rotatable bonds is 6. The molecule has 0 unspecified atom stereocenters. The Hall–Kier alpha value is -2.87. The molecule has 26 heavy (non-hydrogen) atoms. The number of benzene rings is 1. The van der Waals surface area contributed by atoms with Gasteiger partial charge in [0.2, 0.25) is 5.91 Å². The minimum absolute atomic E-state index is 0.0913. The maximum atomic E-state index is 12.8. The molecule has 1 aromatic carbocycles. The Labute approximate surface area is 156 Å². The molecule has 1 aliphatic rings. The van der Waals surface area contributed by atoms with Gasteiger partial charge in [0.25, 0.3) is 5.91 Å². The minimum atomic E-state index is -0.976. The first-order valence-corrected chi connectivity index (χ1v) is 8.68. The van der Waals surface area contributed by atoms with Gasteiger partial charge in [0.15, 0.2) is 11.0 Å². The molecule has 0 spiro atoms. The van der Waals surface area contributed by atoms with Crippen molar-refractivity contribution in [2.24, 2.45) is 10.9 Å². The highest BCUT2D eigenvalue weighted by molar-refractivity contribution is 7.80. The van der Waals surface area contributed by atoms with E-state index in [4.69, 9.17) is 12.2 Å². The van der Waals surface area contributed by atoms with Crippen LogP contribution in [0.25, 0.3) is 0 Å². The van der Waals surface area contributed by atoms with E-state index in [-0.39, 0.29) is 11.0 Å². The van der Waals surface area contributed by atoms with Gasteiger partial charge in [-0.3, -0.25) is 19.5 Å². The van der Waals surface area contributed by atoms with Gasteiger partial charge < -0.3 is 9.88 Å². The maximum Gasteiger partial charge on any atom is 0.251 e. The monoisotopic (exact) mass is 369 g/mol. The first-order valence-electron chi connectivity index (χ1n) is 8.27. The number of carbonyl (C=O) groups is 2. The molecule has 1 saturated heterocycles. The summed E-state index contributed by atoms with van der Waals surface area (Å²) in [4.78, 5) is 34.5. The lowest BCUT2D eigenvalue weighted by Crippen LogP contribution is -2.58. The number of nitrogens with one attached hydrogen (secondary N) is 1. The molecule has 134 valence electrons. The van der Waals surface area contributed by atoms with Crippen molar-refractivity contribution in [3.05, 3.63) is 48.5 Å². The molecule has 2 amide bonds. The fraction of sp³-hybridized carbons (Fsp3) is 0.278. The fourth-order valence-corrected chi connectivity index (χ4v) is 2.90. The van der Waals surface area contributed by atoms with Gasteiger partial charge >= 0.3 is 0 Å². The van der Waals surface area contributed by atoms with Crippen LogP contribution in [0.4, 0.5) is 5.69 Å². The molecular weight excluding hydrogens is 350 g/mol. The highest BCUT2D eigenvalue weighted by atomic mass is 32.1. The van der Waals surface area contributed by atoms with E-state index in [0.29, 0.717) is 12.2 Å². The molecule has 3 rings (SSSR count). The Balaban J connectivity index is 1.65. The Bertz CT molecular complexity index is 830. The molecule has 1 fully saturated rings. The lowest BCUT2D eigenvalue weighted by atomic mass is 10.1. The molecule has 2 aromatic rings. The van der Waals surface area contributed by atoms with Gasteiger partial charge in [-0.2, -0.15) is 0 Å². The molecule has 0 radical (unpaired) electrons. The predicted molar refractivity (Wildman–Crippen MR) is 103 cm³/mol. The molecule has 8 heteroatoms. The highest BCUT2D eigenvalue weighted by Gasteiger charge is 2.38. The first-order chi connectivity index (χ1) is 12.6. The van der Waals surface area contributed by atoms with Gasteiger partial charge in [-0.05, 0) is 37.7 Å². The van der Waals surface area contributed by atoms with Crippen molar-refractivity contribution in [3.8, 4) is 0 Å². The molecule has 1 atom stereocenters. The van der Waals surface area contributed by atoms with Crippen molar-refractivity contribution in [1.29, 1.82) is 0 Å². The summed E-state index contributed by atoms with van der Waals surface area (Å²) >= 11 is 5.17. The van der Waals surface area contributed by atoms with Gasteiger partial charge in [0.05, 0.1) is 12.0 Å². The van der Waals surface area contributed by atoms with E-state index in [2.05, 4.69) is 15.3 Å². The standard InChI is InChI=1S/C18H19N5O2S/c1-13-3-5-14(6-4-13)23-17(25)15(16(24)21-18(23)26)11-19-7-2-9-22-10-8-20-12-22/h3-6,8,10-12,15H,2,7,9H2,1H3,(H,21,24,26)/t15-/m1/s1. The number of carbonyl (C=O) groups excluding carboxylic acids is 2. The summed E-state index contributed by atoms with van der Waals surface area (Å²) in [5.41, 5.74) is 1.70. The minimum Gasteiger partial charge on any atom is -0.337 e. The topological polar surface area (TPSA) is 79.6 Å². The number of hydrogen-bond acceptors (Lipinski definition) is 5. The summed E-state index contributed by atoms with van der Waals surface area (Å²) < 4.78 is 1.95. The van der Waals surface area contributed by atoms with Crippen molar-refractivity contribution in [3.63, 3.8) is 0 Å². The number of amides is 2. The van der Waals surface area contributed by atoms with Crippen LogP contribution in [-0.2, 0) is 16.1 Å². The number of imidazole rings is 1. The smallest absolute Gasteiger partial charge is 0.251 e. The average Bonchev–Trinajstić information content (AvgIpc) is 3.12. The van der Waals surface area contributed by atoms with Gasteiger partial charge in [0.1, 0.15) is 0 Å². The number of aromatic nitrogens is 2. The summed E-state index contributed by atoms with van der Waals surface area (Å²) in [5.74, 6) is -1.81. The van der Waals surface area contributed by atoms with Crippen LogP contribution in [-0.4, -0.2) is 39.2 Å². The Kier molecular flexibility index (Phi) is 5.52. The van der Waals surface area contributed by atoms with Gasteiger partial charge in [-0.15, -0.1) is 0 Å². The second-order valence-electron chi connectivity index (χ2n) is 5.99. The normalized spacial score (nSPS) is 17.8. The van der Waals surface area contributed by atoms with E-state index >= 15 is 0 Å². The van der Waals surface area contributed by atoms with E-state index in [1.54, 1.807) is 24.7 Å². The van der Waals surface area contributed by atoms with E-state index in [1.807, 2.05) is 29.8 Å². The van der Waals surface area contributed by atoms with Crippen LogP contribution >= 0.6 is 12.2 Å². The van der Waals surface area contributed by atoms with Crippen molar-refractivity contribution in [2.45, 2.75) is 19.9 Å². The second-order valence-corrected chi connectivity index (χ2v) is 6.38. The fourth-order valence-electron chi connectivity index (χ4n) is 2.60. The lowest BCUT2D eigenvalue weighted by molar-refractivity contribution is -0.130. The van der Waals surface area contributed by atoms with Crippen molar-refractivity contribution < 1.29 is 9.59 Å². The highest BCUT2D eigenvalue weighted by Crippen LogP contribution is 2.20. The molecule has 0 bridgehead atoms. The molecule has 1 aliphatic heterocycles. The largest absolute Gasteiger partial charge is 0.337 e.